The Morgan fingerprint density at radius 3 is 2.76 bits per heavy atom. The van der Waals surface area contributed by atoms with Gasteiger partial charge >= 0.3 is 5.69 Å². The van der Waals surface area contributed by atoms with Gasteiger partial charge in [0.1, 0.15) is 6.61 Å². The highest BCUT2D eigenvalue weighted by Gasteiger charge is 2.14. The van der Waals surface area contributed by atoms with Crippen molar-refractivity contribution < 1.29 is 14.4 Å². The van der Waals surface area contributed by atoms with Crippen LogP contribution in [0.5, 0.6) is 5.75 Å². The van der Waals surface area contributed by atoms with Crippen molar-refractivity contribution in [1.29, 1.82) is 0 Å². The van der Waals surface area contributed by atoms with Crippen LogP contribution in [0.4, 0.5) is 5.69 Å². The number of H-pyrrole nitrogens is 1. The van der Waals surface area contributed by atoms with E-state index in [1.54, 1.807) is 19.1 Å². The third-order valence-corrected chi connectivity index (χ3v) is 3.95. The van der Waals surface area contributed by atoms with E-state index in [-0.39, 0.29) is 23.6 Å². The molecule has 134 valence electrons. The summed E-state index contributed by atoms with van der Waals surface area (Å²) in [6.07, 6.45) is 0. The maximum atomic E-state index is 11.3. The minimum absolute atomic E-state index is 0.0596. The second-order valence-corrected chi connectivity index (χ2v) is 6.31. The first-order valence-corrected chi connectivity index (χ1v) is 8.60. The number of aromatic amines is 1. The molecule has 0 saturated heterocycles. The Morgan fingerprint density at radius 1 is 1.24 bits per heavy atom. The molecule has 0 saturated carbocycles. The SMILES string of the molecule is Cc1ccc([N+](=O)[O-])c(OCCOCCSc2nc(C)cc(=O)[nH]2)c1. The van der Waals surface area contributed by atoms with Gasteiger partial charge in [-0.25, -0.2) is 4.98 Å². The summed E-state index contributed by atoms with van der Waals surface area (Å²) in [6, 6.07) is 6.16. The lowest BCUT2D eigenvalue weighted by Gasteiger charge is -2.08. The van der Waals surface area contributed by atoms with Crippen molar-refractivity contribution in [1.82, 2.24) is 9.97 Å². The molecule has 1 aromatic carbocycles. The van der Waals surface area contributed by atoms with Crippen molar-refractivity contribution in [2.24, 2.45) is 0 Å². The predicted molar refractivity (Wildman–Crippen MR) is 94.5 cm³/mol. The minimum Gasteiger partial charge on any atom is -0.484 e. The van der Waals surface area contributed by atoms with Gasteiger partial charge in [0.25, 0.3) is 5.56 Å². The Kier molecular flexibility index (Phi) is 6.96. The number of aromatic nitrogens is 2. The van der Waals surface area contributed by atoms with Crippen molar-refractivity contribution in [3.8, 4) is 5.75 Å². The summed E-state index contributed by atoms with van der Waals surface area (Å²) in [6.45, 7) is 4.57. The summed E-state index contributed by atoms with van der Waals surface area (Å²) in [5.74, 6) is 0.862. The number of nitro benzene ring substituents is 1. The molecule has 9 heteroatoms. The average Bonchev–Trinajstić information content (AvgIpc) is 2.52. The molecule has 0 amide bonds. The maximum absolute atomic E-state index is 11.3. The van der Waals surface area contributed by atoms with Crippen LogP contribution in [-0.2, 0) is 4.74 Å². The van der Waals surface area contributed by atoms with Crippen LogP contribution < -0.4 is 10.3 Å². The lowest BCUT2D eigenvalue weighted by molar-refractivity contribution is -0.385. The fourth-order valence-corrected chi connectivity index (χ4v) is 2.79. The Morgan fingerprint density at radius 2 is 2.04 bits per heavy atom. The van der Waals surface area contributed by atoms with Gasteiger partial charge in [-0.1, -0.05) is 17.8 Å². The van der Waals surface area contributed by atoms with Crippen LogP contribution in [0.1, 0.15) is 11.3 Å². The summed E-state index contributed by atoms with van der Waals surface area (Å²) in [7, 11) is 0. The molecule has 0 spiro atoms. The quantitative estimate of drug-likeness (QED) is 0.239. The van der Waals surface area contributed by atoms with E-state index in [9.17, 15) is 14.9 Å². The highest BCUT2D eigenvalue weighted by molar-refractivity contribution is 7.99. The number of nitrogens with one attached hydrogen (secondary N) is 1. The van der Waals surface area contributed by atoms with Gasteiger partial charge in [-0.3, -0.25) is 14.9 Å². The number of hydrogen-bond donors (Lipinski definition) is 1. The van der Waals surface area contributed by atoms with Crippen molar-refractivity contribution in [2.45, 2.75) is 19.0 Å². The highest BCUT2D eigenvalue weighted by atomic mass is 32.2. The number of rotatable bonds is 9. The fourth-order valence-electron chi connectivity index (χ4n) is 2.02. The van der Waals surface area contributed by atoms with Crippen LogP contribution in [0.15, 0.2) is 34.2 Å². The van der Waals surface area contributed by atoms with Gasteiger partial charge in [0.2, 0.25) is 0 Å². The predicted octanol–water partition coefficient (Wildman–Crippen LogP) is 2.48. The molecule has 0 aliphatic rings. The summed E-state index contributed by atoms with van der Waals surface area (Å²) >= 11 is 1.39. The average molecular weight is 365 g/mol. The smallest absolute Gasteiger partial charge is 0.310 e. The Hall–Kier alpha value is -2.39. The van der Waals surface area contributed by atoms with Crippen molar-refractivity contribution in [3.63, 3.8) is 0 Å². The van der Waals surface area contributed by atoms with Crippen LogP contribution in [0.2, 0.25) is 0 Å². The van der Waals surface area contributed by atoms with E-state index in [0.29, 0.717) is 29.8 Å². The lowest BCUT2D eigenvalue weighted by atomic mass is 10.2. The number of ether oxygens (including phenoxy) is 2. The van der Waals surface area contributed by atoms with Crippen LogP contribution in [0.25, 0.3) is 0 Å². The Balaban J connectivity index is 1.69. The zero-order valence-corrected chi connectivity index (χ0v) is 14.8. The topological polar surface area (TPSA) is 107 Å². The first-order valence-electron chi connectivity index (χ1n) is 7.62. The Labute approximate surface area is 148 Å². The zero-order chi connectivity index (χ0) is 18.2. The summed E-state index contributed by atoms with van der Waals surface area (Å²) < 4.78 is 10.9. The molecule has 2 aromatic rings. The van der Waals surface area contributed by atoms with Gasteiger partial charge in [-0.15, -0.1) is 0 Å². The molecule has 1 heterocycles. The van der Waals surface area contributed by atoms with Crippen molar-refractivity contribution >= 4 is 17.4 Å². The number of nitro groups is 1. The van der Waals surface area contributed by atoms with Crippen LogP contribution >= 0.6 is 11.8 Å². The third-order valence-electron chi connectivity index (χ3n) is 3.11. The van der Waals surface area contributed by atoms with E-state index in [4.69, 9.17) is 9.47 Å². The second kappa shape index (κ2) is 9.19. The summed E-state index contributed by atoms with van der Waals surface area (Å²) in [5.41, 5.74) is 1.32. The van der Waals surface area contributed by atoms with Gasteiger partial charge in [-0.05, 0) is 25.5 Å². The van der Waals surface area contributed by atoms with Gasteiger partial charge in [0.05, 0.1) is 18.1 Å². The van der Waals surface area contributed by atoms with E-state index in [1.807, 2.05) is 6.92 Å². The van der Waals surface area contributed by atoms with E-state index in [2.05, 4.69) is 9.97 Å². The summed E-state index contributed by atoms with van der Waals surface area (Å²) in [4.78, 5) is 28.6. The molecule has 0 fully saturated rings. The van der Waals surface area contributed by atoms with E-state index < -0.39 is 4.92 Å². The minimum atomic E-state index is -0.470. The van der Waals surface area contributed by atoms with Gasteiger partial charge in [0, 0.05) is 23.6 Å². The number of thioether (sulfide) groups is 1. The summed E-state index contributed by atoms with van der Waals surface area (Å²) in [5, 5.41) is 11.5. The molecule has 2 rings (SSSR count). The van der Waals surface area contributed by atoms with E-state index in [1.165, 1.54) is 23.9 Å². The first kappa shape index (κ1) is 18.9. The van der Waals surface area contributed by atoms with Crippen LogP contribution in [0.3, 0.4) is 0 Å². The number of hydrogen-bond acceptors (Lipinski definition) is 7. The fraction of sp³-hybridized carbons (Fsp3) is 0.375. The van der Waals surface area contributed by atoms with Crippen molar-refractivity contribution in [3.05, 3.63) is 56.0 Å². The molecule has 25 heavy (non-hydrogen) atoms. The van der Waals surface area contributed by atoms with E-state index in [0.717, 1.165) is 5.56 Å². The second-order valence-electron chi connectivity index (χ2n) is 5.23. The lowest BCUT2D eigenvalue weighted by Crippen LogP contribution is -2.11. The molecular weight excluding hydrogens is 346 g/mol. The van der Waals surface area contributed by atoms with Gasteiger partial charge in [0.15, 0.2) is 10.9 Å². The monoisotopic (exact) mass is 365 g/mol. The first-order chi connectivity index (χ1) is 12.0. The molecule has 0 aliphatic heterocycles. The normalized spacial score (nSPS) is 10.6. The molecule has 0 radical (unpaired) electrons. The van der Waals surface area contributed by atoms with Crippen LogP contribution in [-0.4, -0.2) is 40.5 Å². The molecular formula is C16H19N3O5S. The molecule has 1 aromatic heterocycles. The van der Waals surface area contributed by atoms with Crippen molar-refractivity contribution in [2.75, 3.05) is 25.6 Å². The molecule has 0 bridgehead atoms. The highest BCUT2D eigenvalue weighted by Crippen LogP contribution is 2.27. The van der Waals surface area contributed by atoms with Gasteiger partial charge in [-0.2, -0.15) is 0 Å². The van der Waals surface area contributed by atoms with Gasteiger partial charge < -0.3 is 14.5 Å². The zero-order valence-electron chi connectivity index (χ0n) is 14.0. The Bertz CT molecular complexity index is 794. The molecule has 0 unspecified atom stereocenters. The number of aryl methyl sites for hydroxylation is 2. The number of nitrogens with zero attached hydrogens (tertiary/aromatic N) is 2. The molecule has 8 nitrogen and oxygen atoms in total. The maximum Gasteiger partial charge on any atom is 0.310 e. The standard InChI is InChI=1S/C16H19N3O5S/c1-11-3-4-13(19(21)22)14(9-11)24-6-5-23-7-8-25-16-17-12(2)10-15(20)18-16/h3-4,9-10H,5-8H2,1-2H3,(H,17,18,20). The molecule has 1 N–H and O–H groups in total. The number of benzene rings is 1. The third kappa shape index (κ3) is 6.20. The van der Waals surface area contributed by atoms with Crippen LogP contribution in [0, 0.1) is 24.0 Å². The van der Waals surface area contributed by atoms with E-state index >= 15 is 0 Å². The largest absolute Gasteiger partial charge is 0.484 e. The molecule has 0 atom stereocenters. The molecule has 0 aliphatic carbocycles.